The number of carbonyl (C=O) groups excluding carboxylic acids is 2. The number of esters is 2. The van der Waals surface area contributed by atoms with Crippen molar-refractivity contribution in [3.8, 4) is 0 Å². The number of phosphoric ester groups is 1. The Balaban J connectivity index is 4.38. The van der Waals surface area contributed by atoms with Crippen LogP contribution in [0.5, 0.6) is 0 Å². The highest BCUT2D eigenvalue weighted by molar-refractivity contribution is 7.47. The fraction of sp³-hybridized carbons (Fsp3) is 0.949. The number of hydrogen-bond acceptors (Lipinski definition) is 7. The molecule has 0 aliphatic rings. The van der Waals surface area contributed by atoms with Crippen LogP contribution in [-0.4, -0.2) is 74.9 Å². The fourth-order valence-corrected chi connectivity index (χ4v) is 6.40. The molecule has 1 N–H and O–H groups in total. The summed E-state index contributed by atoms with van der Waals surface area (Å²) in [5.41, 5.74) is 0. The van der Waals surface area contributed by atoms with Gasteiger partial charge in [-0.2, -0.15) is 0 Å². The Morgan fingerprint density at radius 2 is 0.918 bits per heavy atom. The molecule has 0 spiro atoms. The number of rotatable bonds is 37. The maximum atomic E-state index is 12.6. The first-order chi connectivity index (χ1) is 23.5. The van der Waals surface area contributed by atoms with Gasteiger partial charge in [0.2, 0.25) is 0 Å². The van der Waals surface area contributed by atoms with Crippen molar-refractivity contribution in [1.29, 1.82) is 0 Å². The molecule has 0 aromatic rings. The minimum Gasteiger partial charge on any atom is -0.462 e. The Morgan fingerprint density at radius 3 is 1.31 bits per heavy atom. The van der Waals surface area contributed by atoms with Gasteiger partial charge in [0.15, 0.2) is 6.10 Å². The lowest BCUT2D eigenvalue weighted by molar-refractivity contribution is -0.870. The van der Waals surface area contributed by atoms with Gasteiger partial charge in [0.1, 0.15) is 19.8 Å². The number of quaternary nitrogens is 1. The van der Waals surface area contributed by atoms with Gasteiger partial charge in [-0.3, -0.25) is 18.6 Å². The molecule has 0 amide bonds. The molecule has 0 radical (unpaired) electrons. The van der Waals surface area contributed by atoms with Crippen molar-refractivity contribution in [1.82, 2.24) is 0 Å². The van der Waals surface area contributed by atoms with Crippen LogP contribution in [0.3, 0.4) is 0 Å². The number of unbranched alkanes of at least 4 members (excludes halogenated alkanes) is 23. The summed E-state index contributed by atoms with van der Waals surface area (Å²) >= 11 is 0. The number of ether oxygens (including phenoxy) is 2. The Hall–Kier alpha value is -0.990. The Bertz CT molecular complexity index is 819. The van der Waals surface area contributed by atoms with E-state index in [1.807, 2.05) is 21.1 Å². The van der Waals surface area contributed by atoms with E-state index in [1.54, 1.807) is 0 Å². The third kappa shape index (κ3) is 36.6. The molecule has 0 aliphatic carbocycles. The third-order valence-electron chi connectivity index (χ3n) is 8.89. The van der Waals surface area contributed by atoms with Crippen LogP contribution in [0, 0.1) is 0 Å². The van der Waals surface area contributed by atoms with Crippen LogP contribution >= 0.6 is 7.82 Å². The van der Waals surface area contributed by atoms with Crippen molar-refractivity contribution in [2.75, 3.05) is 47.5 Å². The Labute approximate surface area is 302 Å². The second-order valence-electron chi connectivity index (χ2n) is 15.0. The average Bonchev–Trinajstić information content (AvgIpc) is 3.04. The molecule has 49 heavy (non-hydrogen) atoms. The first-order valence-electron chi connectivity index (χ1n) is 20.3. The quantitative estimate of drug-likeness (QED) is 0.0292. The average molecular weight is 721 g/mol. The molecule has 0 aromatic carbocycles. The van der Waals surface area contributed by atoms with Crippen molar-refractivity contribution in [3.63, 3.8) is 0 Å². The molecule has 0 saturated heterocycles. The van der Waals surface area contributed by atoms with E-state index < -0.39 is 26.5 Å². The van der Waals surface area contributed by atoms with E-state index in [0.717, 1.165) is 38.5 Å². The van der Waals surface area contributed by atoms with Crippen LogP contribution in [0.4, 0.5) is 0 Å². The molecule has 292 valence electrons. The van der Waals surface area contributed by atoms with Gasteiger partial charge in [0.25, 0.3) is 0 Å². The molecule has 9 nitrogen and oxygen atoms in total. The SMILES string of the molecule is CCCCCCCCCCCCCCCC(=O)OC[C@H](COP(=O)(O)OCC[N+](C)(C)C)OC(=O)CCCCCCCCCCCCCC. The first kappa shape index (κ1) is 48.0. The van der Waals surface area contributed by atoms with Gasteiger partial charge in [0, 0.05) is 12.8 Å². The van der Waals surface area contributed by atoms with Gasteiger partial charge in [-0.1, -0.05) is 162 Å². The van der Waals surface area contributed by atoms with E-state index >= 15 is 0 Å². The zero-order valence-corrected chi connectivity index (χ0v) is 33.6. The zero-order chi connectivity index (χ0) is 36.5. The van der Waals surface area contributed by atoms with Crippen molar-refractivity contribution in [3.05, 3.63) is 0 Å². The smallest absolute Gasteiger partial charge is 0.462 e. The summed E-state index contributed by atoms with van der Waals surface area (Å²) in [4.78, 5) is 35.2. The van der Waals surface area contributed by atoms with Crippen LogP contribution in [-0.2, 0) is 32.7 Å². The van der Waals surface area contributed by atoms with Gasteiger partial charge in [0.05, 0.1) is 27.7 Å². The van der Waals surface area contributed by atoms with Crippen molar-refractivity contribution < 1.29 is 42.1 Å². The van der Waals surface area contributed by atoms with Crippen LogP contribution < -0.4 is 0 Å². The molecule has 2 atom stereocenters. The van der Waals surface area contributed by atoms with Crippen molar-refractivity contribution >= 4 is 19.8 Å². The maximum absolute atomic E-state index is 12.6. The molecule has 0 heterocycles. The summed E-state index contributed by atoms with van der Waals surface area (Å²) in [6.45, 7) is 4.43. The number of nitrogens with zero attached hydrogens (tertiary/aromatic N) is 1. The zero-order valence-electron chi connectivity index (χ0n) is 32.7. The van der Waals surface area contributed by atoms with E-state index in [2.05, 4.69) is 13.8 Å². The molecule has 0 bridgehead atoms. The van der Waals surface area contributed by atoms with E-state index in [9.17, 15) is 19.0 Å². The second kappa shape index (κ2) is 32.9. The molecule has 0 aliphatic heterocycles. The highest BCUT2D eigenvalue weighted by Crippen LogP contribution is 2.43. The van der Waals surface area contributed by atoms with E-state index in [1.165, 1.54) is 122 Å². The highest BCUT2D eigenvalue weighted by atomic mass is 31.2. The van der Waals surface area contributed by atoms with Crippen LogP contribution in [0.15, 0.2) is 0 Å². The number of hydrogen-bond donors (Lipinski definition) is 1. The van der Waals surface area contributed by atoms with Gasteiger partial charge < -0.3 is 18.9 Å². The minimum atomic E-state index is -4.36. The molecular formula is C39H79NO8P+. The first-order valence-corrected chi connectivity index (χ1v) is 21.8. The topological polar surface area (TPSA) is 108 Å². The van der Waals surface area contributed by atoms with E-state index in [4.69, 9.17) is 18.5 Å². The molecule has 0 saturated carbocycles. The standard InChI is InChI=1S/C39H78NO8P/c1-6-8-10-12-14-16-18-20-22-23-25-27-29-31-38(41)45-35-37(36-47-49(43,44)46-34-33-40(3,4)5)48-39(42)32-30-28-26-24-21-19-17-15-13-11-9-7-2/h37H,6-36H2,1-5H3/p+1/t37-/m1/s1. The van der Waals surface area contributed by atoms with Crippen molar-refractivity contribution in [2.24, 2.45) is 0 Å². The number of phosphoric acid groups is 1. The summed E-state index contributed by atoms with van der Waals surface area (Å²) < 4.78 is 34.2. The van der Waals surface area contributed by atoms with Crippen LogP contribution in [0.1, 0.15) is 187 Å². The second-order valence-corrected chi connectivity index (χ2v) is 16.5. The van der Waals surface area contributed by atoms with Gasteiger partial charge >= 0.3 is 19.8 Å². The van der Waals surface area contributed by atoms with Crippen LogP contribution in [0.2, 0.25) is 0 Å². The Morgan fingerprint density at radius 1 is 0.551 bits per heavy atom. The van der Waals surface area contributed by atoms with Gasteiger partial charge in [-0.05, 0) is 12.8 Å². The molecule has 0 fully saturated rings. The summed E-state index contributed by atoms with van der Waals surface area (Å²) in [6.07, 6.45) is 30.0. The van der Waals surface area contributed by atoms with E-state index in [0.29, 0.717) is 17.4 Å². The molecule has 0 rings (SSSR count). The molecule has 1 unspecified atom stereocenters. The predicted molar refractivity (Wildman–Crippen MR) is 201 cm³/mol. The highest BCUT2D eigenvalue weighted by Gasteiger charge is 2.27. The van der Waals surface area contributed by atoms with Gasteiger partial charge in [-0.15, -0.1) is 0 Å². The van der Waals surface area contributed by atoms with E-state index in [-0.39, 0.29) is 25.6 Å². The number of likely N-dealkylation sites (N-methyl/N-ethyl adjacent to an activating group) is 1. The lowest BCUT2D eigenvalue weighted by Crippen LogP contribution is -2.37. The summed E-state index contributed by atoms with van der Waals surface area (Å²) in [5, 5.41) is 0. The lowest BCUT2D eigenvalue weighted by Gasteiger charge is -2.24. The monoisotopic (exact) mass is 721 g/mol. The van der Waals surface area contributed by atoms with Crippen LogP contribution in [0.25, 0.3) is 0 Å². The Kier molecular flexibility index (Phi) is 32.2. The lowest BCUT2D eigenvalue weighted by atomic mass is 10.0. The molecule has 0 aromatic heterocycles. The fourth-order valence-electron chi connectivity index (χ4n) is 5.66. The number of carbonyl (C=O) groups is 2. The molecule has 10 heteroatoms. The third-order valence-corrected chi connectivity index (χ3v) is 9.87. The largest absolute Gasteiger partial charge is 0.472 e. The predicted octanol–water partition coefficient (Wildman–Crippen LogP) is 10.9. The molecular weight excluding hydrogens is 641 g/mol. The maximum Gasteiger partial charge on any atom is 0.472 e. The summed E-state index contributed by atoms with van der Waals surface area (Å²) in [6, 6.07) is 0. The van der Waals surface area contributed by atoms with Crippen molar-refractivity contribution in [2.45, 2.75) is 193 Å². The normalized spacial score (nSPS) is 13.7. The summed E-state index contributed by atoms with van der Waals surface area (Å²) in [5.74, 6) is -0.789. The summed E-state index contributed by atoms with van der Waals surface area (Å²) in [7, 11) is 1.49. The minimum absolute atomic E-state index is 0.0365. The van der Waals surface area contributed by atoms with Gasteiger partial charge in [-0.25, -0.2) is 4.57 Å².